The third-order valence-corrected chi connectivity index (χ3v) is 6.27. The van der Waals surface area contributed by atoms with Crippen molar-refractivity contribution in [3.05, 3.63) is 47.0 Å². The van der Waals surface area contributed by atoms with Crippen LogP contribution in [0, 0.1) is 29.1 Å². The molecule has 23 heavy (non-hydrogen) atoms. The number of rotatable bonds is 2. The number of nitrogens with zero attached hydrogens (tertiary/aromatic N) is 2. The van der Waals surface area contributed by atoms with Gasteiger partial charge in [0.05, 0.1) is 18.1 Å². The summed E-state index contributed by atoms with van der Waals surface area (Å²) in [7, 11) is 0. The van der Waals surface area contributed by atoms with Gasteiger partial charge in [-0.2, -0.15) is 10.1 Å². The summed E-state index contributed by atoms with van der Waals surface area (Å²) in [6.07, 6.45) is 8.18. The number of imide groups is 1. The molecule has 1 spiro atoms. The van der Waals surface area contributed by atoms with Crippen LogP contribution in [-0.2, 0) is 9.59 Å². The topological polar surface area (TPSA) is 49.7 Å². The van der Waals surface area contributed by atoms with Crippen LogP contribution in [0.1, 0.15) is 18.4 Å². The first-order valence-corrected chi connectivity index (χ1v) is 8.35. The van der Waals surface area contributed by atoms with Gasteiger partial charge < -0.3 is 0 Å². The van der Waals surface area contributed by atoms with Gasteiger partial charge in [-0.25, -0.2) is 0 Å². The Labute approximate surface area is 138 Å². The molecule has 4 atom stereocenters. The fraction of sp³-hybridized carbons (Fsp3) is 0.389. The maximum absolute atomic E-state index is 12.7. The monoisotopic (exact) mass is 326 g/mol. The zero-order valence-corrected chi connectivity index (χ0v) is 13.1. The lowest BCUT2D eigenvalue weighted by Gasteiger charge is -2.18. The second-order valence-corrected chi connectivity index (χ2v) is 7.44. The molecule has 1 saturated heterocycles. The Morgan fingerprint density at radius 3 is 2.13 bits per heavy atom. The van der Waals surface area contributed by atoms with Crippen LogP contribution in [0.4, 0.5) is 0 Å². The number of hydrogen-bond acceptors (Lipinski definition) is 3. The summed E-state index contributed by atoms with van der Waals surface area (Å²) in [5.74, 6) is -0.166. The van der Waals surface area contributed by atoms with E-state index in [1.807, 2.05) is 12.1 Å². The molecule has 1 aromatic rings. The van der Waals surface area contributed by atoms with Crippen molar-refractivity contribution < 1.29 is 9.59 Å². The van der Waals surface area contributed by atoms with E-state index < -0.39 is 0 Å². The van der Waals surface area contributed by atoms with E-state index in [2.05, 4.69) is 17.3 Å². The number of carbonyl (C=O) groups excluding carboxylic acids is 2. The molecule has 3 aliphatic carbocycles. The highest BCUT2D eigenvalue weighted by atomic mass is 35.5. The number of benzene rings is 1. The second-order valence-electron chi connectivity index (χ2n) is 7.01. The molecule has 0 N–H and O–H groups in total. The highest BCUT2D eigenvalue weighted by Crippen LogP contribution is 2.73. The lowest BCUT2D eigenvalue weighted by molar-refractivity contribution is -0.141. The summed E-state index contributed by atoms with van der Waals surface area (Å²) in [6.45, 7) is 0. The molecule has 0 unspecified atom stereocenters. The summed E-state index contributed by atoms with van der Waals surface area (Å²) < 4.78 is 0. The Kier molecular flexibility index (Phi) is 2.54. The number of hydrogen-bond donors (Lipinski definition) is 0. The van der Waals surface area contributed by atoms with Gasteiger partial charge in [0.1, 0.15) is 0 Å². The van der Waals surface area contributed by atoms with Crippen molar-refractivity contribution in [3.8, 4) is 0 Å². The van der Waals surface area contributed by atoms with Crippen molar-refractivity contribution in [1.29, 1.82) is 0 Å². The van der Waals surface area contributed by atoms with Crippen LogP contribution in [0.15, 0.2) is 41.5 Å². The average Bonchev–Trinajstić information content (AvgIpc) is 3.15. The Morgan fingerprint density at radius 2 is 1.61 bits per heavy atom. The van der Waals surface area contributed by atoms with Crippen LogP contribution in [0.2, 0.25) is 5.02 Å². The van der Waals surface area contributed by atoms with Crippen LogP contribution in [-0.4, -0.2) is 23.0 Å². The van der Waals surface area contributed by atoms with E-state index in [9.17, 15) is 9.59 Å². The van der Waals surface area contributed by atoms with Gasteiger partial charge in [-0.3, -0.25) is 9.59 Å². The number of halogens is 1. The quantitative estimate of drug-likeness (QED) is 0.476. The molecule has 116 valence electrons. The summed E-state index contributed by atoms with van der Waals surface area (Å²) in [5.41, 5.74) is 1.04. The maximum Gasteiger partial charge on any atom is 0.254 e. The predicted molar refractivity (Wildman–Crippen MR) is 85.7 cm³/mol. The van der Waals surface area contributed by atoms with E-state index in [0.29, 0.717) is 5.02 Å². The molecule has 5 rings (SSSR count). The zero-order valence-electron chi connectivity index (χ0n) is 12.4. The summed E-state index contributed by atoms with van der Waals surface area (Å²) >= 11 is 5.85. The van der Waals surface area contributed by atoms with Crippen molar-refractivity contribution in [1.82, 2.24) is 5.01 Å². The van der Waals surface area contributed by atoms with Gasteiger partial charge in [-0.05, 0) is 47.8 Å². The molecule has 1 aromatic carbocycles. The van der Waals surface area contributed by atoms with Crippen LogP contribution >= 0.6 is 11.6 Å². The van der Waals surface area contributed by atoms with Gasteiger partial charge in [-0.15, -0.1) is 0 Å². The van der Waals surface area contributed by atoms with E-state index in [1.165, 1.54) is 0 Å². The van der Waals surface area contributed by atoms with E-state index in [1.54, 1.807) is 18.3 Å². The molecule has 2 saturated carbocycles. The lowest BCUT2D eigenvalue weighted by atomic mass is 9.85. The van der Waals surface area contributed by atoms with Crippen LogP contribution in [0.25, 0.3) is 0 Å². The number of allylic oxidation sites excluding steroid dienone is 2. The first-order valence-electron chi connectivity index (χ1n) is 7.97. The van der Waals surface area contributed by atoms with Gasteiger partial charge in [0.15, 0.2) is 0 Å². The standard InChI is InChI=1S/C18H15ClN2O2/c19-11-3-1-10(2-4-11)9-20-21-16(22)14-12-5-6-13(15(14)17(21)23)18(12)7-8-18/h1-6,9,12-15H,7-8H2/b20-9-/t12-,13+,14-,15+. The van der Waals surface area contributed by atoms with Crippen molar-refractivity contribution in [2.45, 2.75) is 12.8 Å². The molecule has 2 bridgehead atoms. The molecule has 1 heterocycles. The number of hydrazone groups is 1. The fourth-order valence-corrected chi connectivity index (χ4v) is 4.98. The minimum atomic E-state index is -0.192. The Balaban J connectivity index is 1.43. The molecular formula is C18H15ClN2O2. The van der Waals surface area contributed by atoms with Crippen LogP contribution in [0.3, 0.4) is 0 Å². The minimum Gasteiger partial charge on any atom is -0.272 e. The third kappa shape index (κ3) is 1.65. The second kappa shape index (κ2) is 4.32. The SMILES string of the molecule is O=C1[C@@H]2[C@H](C(=O)N1/N=C\c1ccc(Cl)cc1)[C@H]1C=C[C@@H]2C12CC2. The summed E-state index contributed by atoms with van der Waals surface area (Å²) in [5, 5.41) is 5.90. The molecule has 2 amide bonds. The van der Waals surface area contributed by atoms with E-state index >= 15 is 0 Å². The molecule has 5 heteroatoms. The highest BCUT2D eigenvalue weighted by molar-refractivity contribution is 6.30. The highest BCUT2D eigenvalue weighted by Gasteiger charge is 2.73. The largest absolute Gasteiger partial charge is 0.272 e. The molecule has 0 radical (unpaired) electrons. The van der Waals surface area contributed by atoms with Gasteiger partial charge in [0.25, 0.3) is 11.8 Å². The van der Waals surface area contributed by atoms with Gasteiger partial charge in [0, 0.05) is 5.02 Å². The van der Waals surface area contributed by atoms with Crippen molar-refractivity contribution in [2.75, 3.05) is 0 Å². The molecule has 0 aromatic heterocycles. The molecule has 4 nitrogen and oxygen atoms in total. The van der Waals surface area contributed by atoms with Gasteiger partial charge in [-0.1, -0.05) is 35.9 Å². The predicted octanol–water partition coefficient (Wildman–Crippen LogP) is 2.87. The van der Waals surface area contributed by atoms with Gasteiger partial charge in [0.2, 0.25) is 0 Å². The minimum absolute atomic E-state index is 0.131. The zero-order chi connectivity index (χ0) is 15.8. The van der Waals surface area contributed by atoms with E-state index in [0.717, 1.165) is 23.4 Å². The van der Waals surface area contributed by atoms with Crippen LogP contribution in [0.5, 0.6) is 0 Å². The first kappa shape index (κ1) is 13.5. The van der Waals surface area contributed by atoms with E-state index in [4.69, 9.17) is 11.6 Å². The average molecular weight is 327 g/mol. The Morgan fingerprint density at radius 1 is 1.04 bits per heavy atom. The number of fused-ring (bicyclic) bond motifs is 3. The first-order chi connectivity index (χ1) is 11.1. The Bertz CT molecular complexity index is 745. The molecule has 3 fully saturated rings. The molecule has 1 aliphatic heterocycles. The number of amides is 2. The molecule has 4 aliphatic rings. The normalized spacial score (nSPS) is 35.8. The van der Waals surface area contributed by atoms with Crippen LogP contribution < -0.4 is 0 Å². The van der Waals surface area contributed by atoms with E-state index in [-0.39, 0.29) is 40.9 Å². The fourth-order valence-electron chi connectivity index (χ4n) is 4.85. The van der Waals surface area contributed by atoms with Crippen molar-refractivity contribution >= 4 is 29.6 Å². The molecular weight excluding hydrogens is 312 g/mol. The number of carbonyl (C=O) groups is 2. The third-order valence-electron chi connectivity index (χ3n) is 6.02. The Hall–Kier alpha value is -1.94. The maximum atomic E-state index is 12.7. The van der Waals surface area contributed by atoms with Crippen molar-refractivity contribution in [2.24, 2.45) is 34.2 Å². The van der Waals surface area contributed by atoms with Gasteiger partial charge >= 0.3 is 0 Å². The smallest absolute Gasteiger partial charge is 0.254 e. The summed E-state index contributed by atoms with van der Waals surface area (Å²) in [4.78, 5) is 25.4. The van der Waals surface area contributed by atoms with Crippen molar-refractivity contribution in [3.63, 3.8) is 0 Å². The summed E-state index contributed by atoms with van der Waals surface area (Å²) in [6, 6.07) is 7.13. The lowest BCUT2D eigenvalue weighted by Crippen LogP contribution is -2.30.